The van der Waals surface area contributed by atoms with Crippen molar-refractivity contribution in [3.8, 4) is 0 Å². The number of hydrogen-bond acceptors (Lipinski definition) is 2. The van der Waals surface area contributed by atoms with Crippen LogP contribution in [0.2, 0.25) is 0 Å². The molecule has 1 aromatic rings. The summed E-state index contributed by atoms with van der Waals surface area (Å²) in [5.74, 6) is 1.18. The van der Waals surface area contributed by atoms with E-state index in [2.05, 4.69) is 18.7 Å². The van der Waals surface area contributed by atoms with E-state index in [0.717, 1.165) is 24.9 Å². The zero-order chi connectivity index (χ0) is 15.4. The Kier molecular flexibility index (Phi) is 5.34. The zero-order valence-electron chi connectivity index (χ0n) is 13.0. The van der Waals surface area contributed by atoms with Gasteiger partial charge in [-0.1, -0.05) is 26.0 Å². The Balaban J connectivity index is 2.00. The molecule has 1 aliphatic heterocycles. The van der Waals surface area contributed by atoms with Gasteiger partial charge in [-0.15, -0.1) is 0 Å². The van der Waals surface area contributed by atoms with E-state index in [1.807, 2.05) is 0 Å². The number of amidine groups is 1. The molecule has 1 aliphatic rings. The number of nitrogens with one attached hydrogen (secondary N) is 1. The van der Waals surface area contributed by atoms with Crippen LogP contribution in [-0.4, -0.2) is 23.8 Å². The standard InChI is InChI=1S/C17H26FN3/c1-12(2)13-4-3-8-21(9-7-13)11-15-6-5-14(17(19)20)10-16(15)18/h5-6,10,12-13H,3-4,7-9,11H2,1-2H3,(H3,19,20). The van der Waals surface area contributed by atoms with Crippen LogP contribution in [0.1, 0.15) is 44.2 Å². The van der Waals surface area contributed by atoms with Gasteiger partial charge in [0.05, 0.1) is 0 Å². The second kappa shape index (κ2) is 7.03. The average molecular weight is 291 g/mol. The van der Waals surface area contributed by atoms with E-state index in [1.54, 1.807) is 12.1 Å². The van der Waals surface area contributed by atoms with Crippen molar-refractivity contribution in [2.75, 3.05) is 13.1 Å². The maximum atomic E-state index is 14.1. The molecule has 116 valence electrons. The Labute approximate surface area is 126 Å². The van der Waals surface area contributed by atoms with Crippen LogP contribution in [0.4, 0.5) is 4.39 Å². The quantitative estimate of drug-likeness (QED) is 0.660. The SMILES string of the molecule is CC(C)C1CCCN(Cc2ccc(C(=N)N)cc2F)CC1. The lowest BCUT2D eigenvalue weighted by atomic mass is 9.89. The molecule has 21 heavy (non-hydrogen) atoms. The van der Waals surface area contributed by atoms with E-state index >= 15 is 0 Å². The van der Waals surface area contributed by atoms with Crippen molar-refractivity contribution in [2.45, 2.75) is 39.7 Å². The Morgan fingerprint density at radius 2 is 2.14 bits per heavy atom. The van der Waals surface area contributed by atoms with Gasteiger partial charge in [0.2, 0.25) is 0 Å². The van der Waals surface area contributed by atoms with E-state index < -0.39 is 0 Å². The smallest absolute Gasteiger partial charge is 0.128 e. The van der Waals surface area contributed by atoms with Gasteiger partial charge >= 0.3 is 0 Å². The average Bonchev–Trinajstić information content (AvgIpc) is 2.66. The summed E-state index contributed by atoms with van der Waals surface area (Å²) in [6.45, 7) is 7.31. The lowest BCUT2D eigenvalue weighted by Gasteiger charge is -2.21. The normalized spacial score (nSPS) is 20.5. The molecule has 1 unspecified atom stereocenters. The van der Waals surface area contributed by atoms with Crippen LogP contribution in [-0.2, 0) is 6.54 Å². The lowest BCUT2D eigenvalue weighted by Crippen LogP contribution is -2.25. The third-order valence-electron chi connectivity index (χ3n) is 4.57. The highest BCUT2D eigenvalue weighted by Gasteiger charge is 2.20. The van der Waals surface area contributed by atoms with Gasteiger partial charge in [0.1, 0.15) is 11.7 Å². The minimum atomic E-state index is -0.257. The largest absolute Gasteiger partial charge is 0.384 e. The molecule has 0 aromatic heterocycles. The van der Waals surface area contributed by atoms with Crippen LogP contribution < -0.4 is 5.73 Å². The van der Waals surface area contributed by atoms with Crippen molar-refractivity contribution in [3.05, 3.63) is 35.1 Å². The van der Waals surface area contributed by atoms with E-state index in [-0.39, 0.29) is 11.7 Å². The fourth-order valence-electron chi connectivity index (χ4n) is 3.09. The number of halogens is 1. The van der Waals surface area contributed by atoms with Crippen molar-refractivity contribution in [1.29, 1.82) is 5.41 Å². The predicted molar refractivity (Wildman–Crippen MR) is 84.9 cm³/mol. The number of rotatable bonds is 4. The molecular weight excluding hydrogens is 265 g/mol. The first-order valence-corrected chi connectivity index (χ1v) is 7.82. The molecule has 0 spiro atoms. The summed E-state index contributed by atoms with van der Waals surface area (Å²) in [6, 6.07) is 4.86. The molecule has 2 rings (SSSR count). The number of benzene rings is 1. The summed E-state index contributed by atoms with van der Waals surface area (Å²) in [4.78, 5) is 2.34. The van der Waals surface area contributed by atoms with Crippen molar-refractivity contribution in [3.63, 3.8) is 0 Å². The zero-order valence-corrected chi connectivity index (χ0v) is 13.0. The minimum Gasteiger partial charge on any atom is -0.384 e. The summed E-state index contributed by atoms with van der Waals surface area (Å²) in [7, 11) is 0. The molecular formula is C17H26FN3. The molecule has 1 heterocycles. The maximum absolute atomic E-state index is 14.1. The van der Waals surface area contributed by atoms with Crippen LogP contribution in [0, 0.1) is 23.1 Å². The van der Waals surface area contributed by atoms with Crippen molar-refractivity contribution < 1.29 is 4.39 Å². The summed E-state index contributed by atoms with van der Waals surface area (Å²) in [5.41, 5.74) is 6.54. The minimum absolute atomic E-state index is 0.0880. The van der Waals surface area contributed by atoms with Gasteiger partial charge in [0.25, 0.3) is 0 Å². The molecule has 1 atom stereocenters. The first-order valence-electron chi connectivity index (χ1n) is 7.82. The van der Waals surface area contributed by atoms with Crippen LogP contribution >= 0.6 is 0 Å². The van der Waals surface area contributed by atoms with Crippen LogP contribution in [0.3, 0.4) is 0 Å². The monoisotopic (exact) mass is 291 g/mol. The molecule has 3 N–H and O–H groups in total. The third kappa shape index (κ3) is 4.27. The number of nitrogens with zero attached hydrogens (tertiary/aromatic N) is 1. The van der Waals surface area contributed by atoms with E-state index in [4.69, 9.17) is 11.1 Å². The molecule has 0 radical (unpaired) electrons. The van der Waals surface area contributed by atoms with Gasteiger partial charge < -0.3 is 5.73 Å². The predicted octanol–water partition coefficient (Wildman–Crippen LogP) is 3.37. The second-order valence-corrected chi connectivity index (χ2v) is 6.43. The second-order valence-electron chi connectivity index (χ2n) is 6.43. The maximum Gasteiger partial charge on any atom is 0.128 e. The topological polar surface area (TPSA) is 53.1 Å². The van der Waals surface area contributed by atoms with E-state index in [9.17, 15) is 4.39 Å². The van der Waals surface area contributed by atoms with Crippen LogP contribution in [0.15, 0.2) is 18.2 Å². The molecule has 1 aromatic carbocycles. The highest BCUT2D eigenvalue weighted by atomic mass is 19.1. The highest BCUT2D eigenvalue weighted by molar-refractivity contribution is 5.94. The van der Waals surface area contributed by atoms with Crippen molar-refractivity contribution >= 4 is 5.84 Å². The first-order chi connectivity index (χ1) is 9.97. The van der Waals surface area contributed by atoms with E-state index in [0.29, 0.717) is 17.7 Å². The van der Waals surface area contributed by atoms with Gasteiger partial charge in [0.15, 0.2) is 0 Å². The Morgan fingerprint density at radius 1 is 1.38 bits per heavy atom. The van der Waals surface area contributed by atoms with Gasteiger partial charge in [-0.3, -0.25) is 10.3 Å². The number of likely N-dealkylation sites (tertiary alicyclic amines) is 1. The van der Waals surface area contributed by atoms with Crippen molar-refractivity contribution in [1.82, 2.24) is 4.90 Å². The summed E-state index contributed by atoms with van der Waals surface area (Å²) >= 11 is 0. The molecule has 3 nitrogen and oxygen atoms in total. The van der Waals surface area contributed by atoms with Crippen LogP contribution in [0.5, 0.6) is 0 Å². The van der Waals surface area contributed by atoms with Gasteiger partial charge in [-0.2, -0.15) is 0 Å². The van der Waals surface area contributed by atoms with E-state index in [1.165, 1.54) is 25.3 Å². The Bertz CT molecular complexity index is 499. The lowest BCUT2D eigenvalue weighted by molar-refractivity contribution is 0.261. The fraction of sp³-hybridized carbons (Fsp3) is 0.588. The van der Waals surface area contributed by atoms with Gasteiger partial charge in [-0.25, -0.2) is 4.39 Å². The molecule has 0 saturated carbocycles. The summed E-state index contributed by atoms with van der Waals surface area (Å²) in [6.07, 6.45) is 3.67. The summed E-state index contributed by atoms with van der Waals surface area (Å²) in [5, 5.41) is 7.35. The van der Waals surface area contributed by atoms with Crippen molar-refractivity contribution in [2.24, 2.45) is 17.6 Å². The van der Waals surface area contributed by atoms with Gasteiger partial charge in [-0.05, 0) is 50.3 Å². The Morgan fingerprint density at radius 3 is 2.76 bits per heavy atom. The molecule has 4 heteroatoms. The number of nitrogens with two attached hydrogens (primary N) is 1. The van der Waals surface area contributed by atoms with Crippen LogP contribution in [0.25, 0.3) is 0 Å². The molecule has 0 amide bonds. The van der Waals surface area contributed by atoms with Gasteiger partial charge in [0, 0.05) is 17.7 Å². The Hall–Kier alpha value is -1.42. The number of hydrogen-bond donors (Lipinski definition) is 2. The highest BCUT2D eigenvalue weighted by Crippen LogP contribution is 2.25. The molecule has 0 aliphatic carbocycles. The molecule has 1 fully saturated rings. The molecule has 0 bridgehead atoms. The third-order valence-corrected chi connectivity index (χ3v) is 4.57. The number of nitrogen functional groups attached to an aromatic ring is 1. The first kappa shape index (κ1) is 16.0. The fourth-order valence-corrected chi connectivity index (χ4v) is 3.09. The summed E-state index contributed by atoms with van der Waals surface area (Å²) < 4.78 is 14.1. The molecule has 1 saturated heterocycles.